The smallest absolute Gasteiger partial charge is 0.321 e. The van der Waals surface area contributed by atoms with Crippen molar-refractivity contribution in [2.24, 2.45) is 5.92 Å². The molecule has 1 heterocycles. The van der Waals surface area contributed by atoms with Gasteiger partial charge in [-0.05, 0) is 49.6 Å². The summed E-state index contributed by atoms with van der Waals surface area (Å²) < 4.78 is 5.99. The number of hydrogen-bond donors (Lipinski definition) is 1. The van der Waals surface area contributed by atoms with Gasteiger partial charge in [0.15, 0.2) is 0 Å². The zero-order chi connectivity index (χ0) is 23.0. The van der Waals surface area contributed by atoms with Crippen molar-refractivity contribution in [1.29, 1.82) is 0 Å². The third-order valence-corrected chi connectivity index (χ3v) is 6.80. The summed E-state index contributed by atoms with van der Waals surface area (Å²) in [5.41, 5.74) is 1.41. The Bertz CT molecular complexity index is 927. The monoisotopic (exact) mass is 449 g/mol. The van der Waals surface area contributed by atoms with Crippen LogP contribution in [-0.4, -0.2) is 54.0 Å². The lowest BCUT2D eigenvalue weighted by molar-refractivity contribution is 0.0549. The quantitative estimate of drug-likeness (QED) is 0.641. The number of piperazine rings is 1. The van der Waals surface area contributed by atoms with E-state index in [9.17, 15) is 9.59 Å². The number of carbonyl (C=O) groups is 2. The lowest BCUT2D eigenvalue weighted by Crippen LogP contribution is -2.56. The van der Waals surface area contributed by atoms with Crippen LogP contribution in [0.5, 0.6) is 5.75 Å². The molecule has 4 rings (SSSR count). The number of para-hydroxylation sites is 1. The Hall–Kier alpha value is -3.02. The second-order valence-electron chi connectivity index (χ2n) is 9.26. The Morgan fingerprint density at radius 1 is 1.00 bits per heavy atom. The maximum atomic E-state index is 13.2. The highest BCUT2D eigenvalue weighted by Crippen LogP contribution is 2.26. The number of urea groups is 1. The Balaban J connectivity index is 1.29. The molecule has 2 aliphatic rings. The molecule has 1 aliphatic carbocycles. The number of rotatable bonds is 6. The number of nitrogens with zero attached hydrogens (tertiary/aromatic N) is 2. The summed E-state index contributed by atoms with van der Waals surface area (Å²) in [6.07, 6.45) is 7.76. The molecule has 33 heavy (non-hydrogen) atoms. The van der Waals surface area contributed by atoms with Gasteiger partial charge in [-0.3, -0.25) is 4.79 Å². The largest absolute Gasteiger partial charge is 0.494 e. The van der Waals surface area contributed by atoms with Crippen molar-refractivity contribution in [2.75, 3.05) is 31.6 Å². The average molecular weight is 450 g/mol. The first-order valence-corrected chi connectivity index (χ1v) is 12.2. The van der Waals surface area contributed by atoms with Crippen LogP contribution >= 0.6 is 0 Å². The maximum absolute atomic E-state index is 13.2. The summed E-state index contributed by atoms with van der Waals surface area (Å²) in [6, 6.07) is 16.7. The van der Waals surface area contributed by atoms with Gasteiger partial charge in [-0.2, -0.15) is 0 Å². The number of carbonyl (C=O) groups excluding carboxylic acids is 2. The Morgan fingerprint density at radius 3 is 2.55 bits per heavy atom. The highest BCUT2D eigenvalue weighted by atomic mass is 16.5. The van der Waals surface area contributed by atoms with E-state index in [0.29, 0.717) is 31.8 Å². The number of nitrogens with one attached hydrogen (secondary N) is 1. The van der Waals surface area contributed by atoms with E-state index in [4.69, 9.17) is 4.74 Å². The fourth-order valence-electron chi connectivity index (χ4n) is 4.87. The molecule has 2 fully saturated rings. The van der Waals surface area contributed by atoms with E-state index in [2.05, 4.69) is 5.32 Å². The molecular weight excluding hydrogens is 414 g/mol. The molecule has 1 atom stereocenters. The van der Waals surface area contributed by atoms with Gasteiger partial charge in [0.1, 0.15) is 5.75 Å². The van der Waals surface area contributed by atoms with Gasteiger partial charge >= 0.3 is 6.03 Å². The SMILES string of the molecule is CC1CN(C(=O)Nc2ccccc2)CCN1C(=O)c1cccc(OCCC2CCCCC2)c1. The summed E-state index contributed by atoms with van der Waals surface area (Å²) in [4.78, 5) is 29.4. The van der Waals surface area contributed by atoms with E-state index in [1.165, 1.54) is 32.1 Å². The molecule has 0 spiro atoms. The van der Waals surface area contributed by atoms with Crippen LogP contribution in [0, 0.1) is 5.92 Å². The van der Waals surface area contributed by atoms with E-state index in [-0.39, 0.29) is 18.0 Å². The molecule has 1 N–H and O–H groups in total. The first kappa shape index (κ1) is 23.1. The molecule has 6 heteroatoms. The van der Waals surface area contributed by atoms with Crippen LogP contribution in [0.15, 0.2) is 54.6 Å². The van der Waals surface area contributed by atoms with Gasteiger partial charge in [-0.25, -0.2) is 4.79 Å². The van der Waals surface area contributed by atoms with Gasteiger partial charge < -0.3 is 19.9 Å². The molecule has 2 aromatic rings. The Labute approximate surface area is 196 Å². The number of amides is 3. The van der Waals surface area contributed by atoms with Crippen LogP contribution in [0.25, 0.3) is 0 Å². The molecule has 0 aromatic heterocycles. The predicted octanol–water partition coefficient (Wildman–Crippen LogP) is 5.41. The zero-order valence-electron chi connectivity index (χ0n) is 19.5. The third-order valence-electron chi connectivity index (χ3n) is 6.80. The number of ether oxygens (including phenoxy) is 1. The second kappa shape index (κ2) is 11.2. The lowest BCUT2D eigenvalue weighted by Gasteiger charge is -2.39. The van der Waals surface area contributed by atoms with Gasteiger partial charge in [0.25, 0.3) is 5.91 Å². The summed E-state index contributed by atoms with van der Waals surface area (Å²) in [5, 5.41) is 2.93. The molecule has 6 nitrogen and oxygen atoms in total. The maximum Gasteiger partial charge on any atom is 0.321 e. The number of hydrogen-bond acceptors (Lipinski definition) is 3. The molecule has 1 aliphatic heterocycles. The van der Waals surface area contributed by atoms with Crippen molar-refractivity contribution in [3.63, 3.8) is 0 Å². The minimum absolute atomic E-state index is 0.0108. The van der Waals surface area contributed by atoms with Gasteiger partial charge in [0, 0.05) is 36.9 Å². The first-order chi connectivity index (χ1) is 16.1. The van der Waals surface area contributed by atoms with Crippen molar-refractivity contribution in [1.82, 2.24) is 9.80 Å². The first-order valence-electron chi connectivity index (χ1n) is 12.2. The molecule has 0 radical (unpaired) electrons. The lowest BCUT2D eigenvalue weighted by atomic mass is 9.87. The van der Waals surface area contributed by atoms with Crippen LogP contribution < -0.4 is 10.1 Å². The molecule has 1 saturated heterocycles. The average Bonchev–Trinajstić information content (AvgIpc) is 2.85. The van der Waals surface area contributed by atoms with Crippen molar-refractivity contribution >= 4 is 17.6 Å². The van der Waals surface area contributed by atoms with E-state index in [0.717, 1.165) is 23.8 Å². The molecule has 176 valence electrons. The van der Waals surface area contributed by atoms with Crippen LogP contribution in [0.3, 0.4) is 0 Å². The third kappa shape index (κ3) is 6.28. The van der Waals surface area contributed by atoms with Gasteiger partial charge in [-0.15, -0.1) is 0 Å². The zero-order valence-corrected chi connectivity index (χ0v) is 19.5. The van der Waals surface area contributed by atoms with E-state index in [1.54, 1.807) is 4.90 Å². The molecule has 3 amide bonds. The van der Waals surface area contributed by atoms with E-state index < -0.39 is 0 Å². The van der Waals surface area contributed by atoms with Gasteiger partial charge in [0.2, 0.25) is 0 Å². The number of anilines is 1. The number of benzene rings is 2. The highest BCUT2D eigenvalue weighted by molar-refractivity contribution is 5.95. The molecule has 2 aromatic carbocycles. The summed E-state index contributed by atoms with van der Waals surface area (Å²) >= 11 is 0. The molecule has 0 bridgehead atoms. The Kier molecular flexibility index (Phi) is 7.87. The second-order valence-corrected chi connectivity index (χ2v) is 9.26. The topological polar surface area (TPSA) is 61.9 Å². The van der Waals surface area contributed by atoms with Crippen molar-refractivity contribution in [3.8, 4) is 5.75 Å². The normalized spacial score (nSPS) is 19.2. The molecule has 1 saturated carbocycles. The van der Waals surface area contributed by atoms with Crippen LogP contribution in [0.4, 0.5) is 10.5 Å². The summed E-state index contributed by atoms with van der Waals surface area (Å²) in [6.45, 7) is 4.21. The van der Waals surface area contributed by atoms with Crippen LogP contribution in [-0.2, 0) is 0 Å². The van der Waals surface area contributed by atoms with Gasteiger partial charge in [0.05, 0.1) is 6.61 Å². The van der Waals surface area contributed by atoms with Crippen molar-refractivity contribution < 1.29 is 14.3 Å². The standard InChI is InChI=1S/C27H35N3O3/c1-21-20-29(27(32)28-24-12-6-3-7-13-24)16-17-30(21)26(31)23-11-8-14-25(19-23)33-18-15-22-9-4-2-5-10-22/h3,6-8,11-14,19,21-22H,2,4-5,9-10,15-18,20H2,1H3,(H,28,32). The van der Waals surface area contributed by atoms with Crippen molar-refractivity contribution in [2.45, 2.75) is 51.5 Å². The van der Waals surface area contributed by atoms with Crippen LogP contribution in [0.2, 0.25) is 0 Å². The Morgan fingerprint density at radius 2 is 1.79 bits per heavy atom. The molecule has 1 unspecified atom stereocenters. The molecular formula is C27H35N3O3. The fraction of sp³-hybridized carbons (Fsp3) is 0.481. The van der Waals surface area contributed by atoms with E-state index >= 15 is 0 Å². The highest BCUT2D eigenvalue weighted by Gasteiger charge is 2.30. The summed E-state index contributed by atoms with van der Waals surface area (Å²) in [7, 11) is 0. The van der Waals surface area contributed by atoms with Crippen molar-refractivity contribution in [3.05, 3.63) is 60.2 Å². The minimum Gasteiger partial charge on any atom is -0.494 e. The fourth-order valence-corrected chi connectivity index (χ4v) is 4.87. The summed E-state index contributed by atoms with van der Waals surface area (Å²) in [5.74, 6) is 1.52. The van der Waals surface area contributed by atoms with Crippen LogP contribution in [0.1, 0.15) is 55.8 Å². The van der Waals surface area contributed by atoms with E-state index in [1.807, 2.05) is 66.4 Å². The minimum atomic E-state index is -0.131. The van der Waals surface area contributed by atoms with Gasteiger partial charge in [-0.1, -0.05) is 56.4 Å². The predicted molar refractivity (Wildman–Crippen MR) is 131 cm³/mol.